The van der Waals surface area contributed by atoms with Crippen LogP contribution in [0.5, 0.6) is 0 Å². The first-order chi connectivity index (χ1) is 26.9. The molecule has 2 saturated heterocycles. The number of fused-ring (bicyclic) bond motifs is 3. The number of nitro benzene ring substituents is 1. The van der Waals surface area contributed by atoms with Gasteiger partial charge in [-0.05, 0) is 76.2 Å². The number of nitrogens with zero attached hydrogens (tertiary/aromatic N) is 4. The summed E-state index contributed by atoms with van der Waals surface area (Å²) in [5.74, 6) is -1.44. The molecular formula is C43H49FN5O7+. The standard InChI is InChI=1S/C17H21NO4.C16H12FN3O3.C10H15N/c1-18-12-8-9-13(18)15(17(20)21-2)14(10-12)22-16(19)11-6-4-3-5-7-11;1-19-14-7-6-10(20(22)23)8-12(14)16(18-9-15(19)21)11-4-2-3-5-13(11)17;1-9(11-2)8-10-6-4-3-5-7-10/h3-7,12-15H,8-10H2,1-2H3;2-8H,9H2,1H3;3-7,9,11H,8H2,1-2H3/p+1. The summed E-state index contributed by atoms with van der Waals surface area (Å²) in [5, 5.41) is 14.3. The Bertz CT molecular complexity index is 2030. The van der Waals surface area contributed by atoms with Crippen molar-refractivity contribution in [3.8, 4) is 0 Å². The lowest BCUT2D eigenvalue weighted by Gasteiger charge is -2.39. The average molecular weight is 767 g/mol. The highest BCUT2D eigenvalue weighted by Gasteiger charge is 2.53. The van der Waals surface area contributed by atoms with E-state index in [1.165, 1.54) is 47.9 Å². The maximum Gasteiger partial charge on any atom is 0.491 e. The van der Waals surface area contributed by atoms with Crippen molar-refractivity contribution in [1.82, 2.24) is 10.2 Å². The van der Waals surface area contributed by atoms with Gasteiger partial charge in [-0.15, -0.1) is 0 Å². The molecule has 7 rings (SSSR count). The molecule has 294 valence electrons. The Hall–Kier alpha value is -5.79. The Kier molecular flexibility index (Phi) is 14.2. The number of piperidine rings is 1. The van der Waals surface area contributed by atoms with Crippen LogP contribution in [0.4, 0.5) is 15.8 Å². The molecule has 12 nitrogen and oxygen atoms in total. The van der Waals surface area contributed by atoms with Crippen LogP contribution in [0.25, 0.3) is 0 Å². The van der Waals surface area contributed by atoms with E-state index in [2.05, 4.69) is 53.4 Å². The zero-order chi connectivity index (χ0) is 40.4. The van der Waals surface area contributed by atoms with Crippen LogP contribution in [-0.4, -0.2) is 97.2 Å². The number of carbonyl (C=O) groups is 2. The molecule has 0 spiro atoms. The molecule has 56 heavy (non-hydrogen) atoms. The molecule has 2 N–H and O–H groups in total. The van der Waals surface area contributed by atoms with Gasteiger partial charge in [0.15, 0.2) is 13.0 Å². The first-order valence-electron chi connectivity index (χ1n) is 18.6. The highest BCUT2D eigenvalue weighted by molar-refractivity contribution is 6.19. The van der Waals surface area contributed by atoms with Gasteiger partial charge in [-0.2, -0.15) is 0 Å². The molecule has 2 fully saturated rings. The molecule has 3 aliphatic heterocycles. The third-order valence-corrected chi connectivity index (χ3v) is 10.5. The van der Waals surface area contributed by atoms with E-state index in [9.17, 15) is 28.9 Å². The minimum absolute atomic E-state index is 0.0388. The summed E-state index contributed by atoms with van der Waals surface area (Å²) in [7, 11) is 7.07. The molecule has 0 saturated carbocycles. The number of likely N-dealkylation sites (N-methyl/N-ethyl adjacent to an activating group) is 2. The van der Waals surface area contributed by atoms with Crippen LogP contribution in [0, 0.1) is 21.8 Å². The molecular weight excluding hydrogens is 717 g/mol. The van der Waals surface area contributed by atoms with E-state index in [-0.39, 0.29) is 59.4 Å². The lowest BCUT2D eigenvalue weighted by molar-refractivity contribution is -0.384. The maximum absolute atomic E-state index is 14.1. The number of hydrogen-bond acceptors (Lipinski definition) is 9. The van der Waals surface area contributed by atoms with Gasteiger partial charge in [-0.3, -0.25) is 24.8 Å². The van der Waals surface area contributed by atoms with Gasteiger partial charge in [-0.1, -0.05) is 60.7 Å². The number of rotatable bonds is 8. The van der Waals surface area contributed by atoms with E-state index < -0.39 is 10.7 Å². The highest BCUT2D eigenvalue weighted by Crippen LogP contribution is 2.40. The normalized spacial score (nSPS) is 20.4. The third kappa shape index (κ3) is 9.89. The molecule has 1 amide bonds. The fourth-order valence-electron chi connectivity index (χ4n) is 7.33. The minimum atomic E-state index is -0.536. The quantitative estimate of drug-likeness (QED) is 0.0962. The first kappa shape index (κ1) is 41.4. The van der Waals surface area contributed by atoms with E-state index in [4.69, 9.17) is 9.47 Å². The molecule has 0 aliphatic carbocycles. The SMILES string of the molecule is CN1C(=O)CN=C(c2ccccc2F)c2cc([N+](=O)[O-])ccc21.CNC(C)Cc1ccccc1.COC(=[OH+])C1C(OC(=O)c2ccccc2)CC2CCC1N2C. The highest BCUT2D eigenvalue weighted by atomic mass is 19.1. The van der Waals surface area contributed by atoms with Crippen molar-refractivity contribution in [2.24, 2.45) is 10.9 Å². The van der Waals surface area contributed by atoms with Crippen molar-refractivity contribution in [3.63, 3.8) is 0 Å². The number of aliphatic imine (C=N–C) groups is 1. The monoisotopic (exact) mass is 766 g/mol. The Balaban J connectivity index is 0.000000171. The van der Waals surface area contributed by atoms with E-state index in [0.29, 0.717) is 28.9 Å². The van der Waals surface area contributed by atoms with Gasteiger partial charge in [-0.25, -0.2) is 9.18 Å². The summed E-state index contributed by atoms with van der Waals surface area (Å²) >= 11 is 0. The van der Waals surface area contributed by atoms with Gasteiger partial charge in [0.05, 0.1) is 21.9 Å². The van der Waals surface area contributed by atoms with Crippen LogP contribution in [0.2, 0.25) is 0 Å². The van der Waals surface area contributed by atoms with Crippen molar-refractivity contribution in [2.75, 3.05) is 39.7 Å². The predicted octanol–water partition coefficient (Wildman–Crippen LogP) is 6.23. The average Bonchev–Trinajstić information content (AvgIpc) is 3.37. The fraction of sp³-hybridized carbons (Fsp3) is 0.349. The number of esters is 2. The summed E-state index contributed by atoms with van der Waals surface area (Å²) in [6.45, 7) is 2.04. The van der Waals surface area contributed by atoms with Gasteiger partial charge < -0.3 is 24.5 Å². The Morgan fingerprint density at radius 2 is 1.66 bits per heavy atom. The molecule has 5 atom stereocenters. The second kappa shape index (κ2) is 19.2. The largest absolute Gasteiger partial charge is 0.491 e. The molecule has 4 aromatic rings. The number of nitrogens with one attached hydrogen (secondary N) is 1. The van der Waals surface area contributed by atoms with Crippen molar-refractivity contribution < 1.29 is 33.2 Å². The Morgan fingerprint density at radius 3 is 2.30 bits per heavy atom. The topological polar surface area (TPSA) is 148 Å². The van der Waals surface area contributed by atoms with Gasteiger partial charge >= 0.3 is 11.9 Å². The van der Waals surface area contributed by atoms with Crippen LogP contribution in [0.15, 0.2) is 108 Å². The Labute approximate surface area is 326 Å². The summed E-state index contributed by atoms with van der Waals surface area (Å²) in [6.07, 6.45) is 3.54. The van der Waals surface area contributed by atoms with Gasteiger partial charge in [0.2, 0.25) is 5.91 Å². The zero-order valence-corrected chi connectivity index (χ0v) is 32.3. The van der Waals surface area contributed by atoms with E-state index in [0.717, 1.165) is 25.7 Å². The van der Waals surface area contributed by atoms with Crippen LogP contribution in [-0.2, 0) is 20.7 Å². The number of halogens is 1. The van der Waals surface area contributed by atoms with E-state index in [1.54, 1.807) is 31.3 Å². The molecule has 5 unspecified atom stereocenters. The van der Waals surface area contributed by atoms with Crippen LogP contribution < -0.4 is 10.2 Å². The maximum atomic E-state index is 14.1. The fourth-order valence-corrected chi connectivity index (χ4v) is 7.33. The summed E-state index contributed by atoms with van der Waals surface area (Å²) < 4.78 is 24.9. The second-order valence-corrected chi connectivity index (χ2v) is 14.0. The summed E-state index contributed by atoms with van der Waals surface area (Å²) in [4.78, 5) is 52.9. The van der Waals surface area contributed by atoms with Crippen LogP contribution >= 0.6 is 0 Å². The lowest BCUT2D eigenvalue weighted by Crippen LogP contribution is -2.53. The number of non-ortho nitro benzene ring substituents is 1. The molecule has 0 aromatic heterocycles. The number of anilines is 1. The molecule has 3 aliphatic rings. The number of benzene rings is 4. The number of ether oxygens (including phenoxy) is 2. The molecule has 3 heterocycles. The molecule has 13 heteroatoms. The van der Waals surface area contributed by atoms with Gasteiger partial charge in [0.1, 0.15) is 18.5 Å². The number of hydrogen-bond donors (Lipinski definition) is 1. The zero-order valence-electron chi connectivity index (χ0n) is 32.3. The molecule has 0 radical (unpaired) electrons. The van der Waals surface area contributed by atoms with Crippen molar-refractivity contribution in [1.29, 1.82) is 0 Å². The first-order valence-corrected chi connectivity index (χ1v) is 18.6. The number of benzodiazepines with no additional fused rings is 1. The minimum Gasteiger partial charge on any atom is -0.457 e. The van der Waals surface area contributed by atoms with Crippen molar-refractivity contribution in [3.05, 3.63) is 141 Å². The summed E-state index contributed by atoms with van der Waals surface area (Å²) in [5.41, 5.74) is 3.05. The van der Waals surface area contributed by atoms with Gasteiger partial charge in [0.25, 0.3) is 5.69 Å². The van der Waals surface area contributed by atoms with E-state index >= 15 is 0 Å². The lowest BCUT2D eigenvalue weighted by atomic mass is 9.87. The predicted molar refractivity (Wildman–Crippen MR) is 214 cm³/mol. The van der Waals surface area contributed by atoms with E-state index in [1.807, 2.05) is 31.3 Å². The molecule has 4 aromatic carbocycles. The smallest absolute Gasteiger partial charge is 0.457 e. The third-order valence-electron chi connectivity index (χ3n) is 10.5. The van der Waals surface area contributed by atoms with Crippen molar-refractivity contribution >= 4 is 34.9 Å². The van der Waals surface area contributed by atoms with Crippen molar-refractivity contribution in [2.45, 2.75) is 56.8 Å². The number of methoxy groups -OCH3 is 1. The number of amides is 1. The van der Waals surface area contributed by atoms with Crippen LogP contribution in [0.1, 0.15) is 53.2 Å². The molecule has 2 bridgehead atoms. The second-order valence-electron chi connectivity index (χ2n) is 14.0. The number of carbonyl (C=O) groups excluding carboxylic acids is 3. The Morgan fingerprint density at radius 1 is 1.00 bits per heavy atom. The summed E-state index contributed by atoms with van der Waals surface area (Å²) in [6, 6.07) is 30.7. The number of nitro groups is 1. The van der Waals surface area contributed by atoms with Crippen LogP contribution in [0.3, 0.4) is 0 Å². The van der Waals surface area contributed by atoms with Gasteiger partial charge in [0, 0.05) is 54.9 Å².